The monoisotopic (exact) mass is 766 g/mol. The van der Waals surface area contributed by atoms with E-state index in [-0.39, 0.29) is 45.5 Å². The van der Waals surface area contributed by atoms with E-state index in [0.29, 0.717) is 11.4 Å². The number of hydrogen-bond acceptors (Lipinski definition) is 9. The second-order valence-corrected chi connectivity index (χ2v) is 14.1. The van der Waals surface area contributed by atoms with E-state index >= 15 is 0 Å². The van der Waals surface area contributed by atoms with Gasteiger partial charge >= 0.3 is 0 Å². The number of aliphatic hydroxyl groups excluding tert-OH is 1. The average molecular weight is 767 g/mol. The summed E-state index contributed by atoms with van der Waals surface area (Å²) >= 11 is 0. The van der Waals surface area contributed by atoms with Crippen molar-refractivity contribution in [2.24, 2.45) is 0 Å². The molecular formula is C49H38N2O7. The predicted octanol–water partition coefficient (Wildman–Crippen LogP) is 11.8. The number of rotatable bonds is 10. The van der Waals surface area contributed by atoms with E-state index in [1.807, 2.05) is 155 Å². The number of fused-ring (bicyclic) bond motifs is 2. The van der Waals surface area contributed by atoms with E-state index in [1.165, 1.54) is 31.4 Å². The van der Waals surface area contributed by atoms with E-state index in [0.717, 1.165) is 44.3 Å². The Labute approximate surface area is 334 Å². The molecule has 2 atom stereocenters. The van der Waals surface area contributed by atoms with Crippen molar-refractivity contribution < 1.29 is 35.3 Å². The van der Waals surface area contributed by atoms with Crippen molar-refractivity contribution in [1.82, 2.24) is 0 Å². The zero-order valence-corrected chi connectivity index (χ0v) is 31.3. The fraction of sp³-hybridized carbons (Fsp3) is 0.0612. The highest BCUT2D eigenvalue weighted by atomic mass is 17.2. The topological polar surface area (TPSA) is 126 Å². The lowest BCUT2D eigenvalue weighted by Gasteiger charge is -2.38. The fourth-order valence-corrected chi connectivity index (χ4v) is 8.03. The van der Waals surface area contributed by atoms with Crippen LogP contribution in [0.2, 0.25) is 0 Å². The number of benzene rings is 8. The molecule has 0 spiro atoms. The first-order chi connectivity index (χ1) is 28.3. The highest BCUT2D eigenvalue weighted by Gasteiger charge is 2.49. The van der Waals surface area contributed by atoms with Crippen LogP contribution in [0.1, 0.15) is 17.0 Å². The molecule has 0 saturated heterocycles. The summed E-state index contributed by atoms with van der Waals surface area (Å²) < 4.78 is 0. The van der Waals surface area contributed by atoms with Crippen molar-refractivity contribution in [1.29, 1.82) is 0 Å². The van der Waals surface area contributed by atoms with Gasteiger partial charge in [0.05, 0.1) is 30.0 Å². The quantitative estimate of drug-likeness (QED) is 0.0683. The fourth-order valence-electron chi connectivity index (χ4n) is 8.03. The molecule has 0 saturated carbocycles. The number of para-hydroxylation sites is 2. The normalized spacial score (nSPS) is 15.1. The molecule has 0 fully saturated rings. The summed E-state index contributed by atoms with van der Waals surface area (Å²) in [4.78, 5) is 14.5. The molecule has 58 heavy (non-hydrogen) atoms. The summed E-state index contributed by atoms with van der Waals surface area (Å²) in [6.07, 6.45) is -1.15. The zero-order chi connectivity index (χ0) is 39.9. The Balaban J connectivity index is 1.11. The van der Waals surface area contributed by atoms with Gasteiger partial charge in [0, 0.05) is 58.2 Å². The van der Waals surface area contributed by atoms with Gasteiger partial charge in [-0.2, -0.15) is 0 Å². The lowest BCUT2D eigenvalue weighted by atomic mass is 9.72. The molecule has 0 radical (unpaired) electrons. The first-order valence-corrected chi connectivity index (χ1v) is 18.7. The highest BCUT2D eigenvalue weighted by molar-refractivity contribution is 5.93. The van der Waals surface area contributed by atoms with Crippen LogP contribution in [0, 0.1) is 0 Å². The molecule has 8 aromatic rings. The number of phenolic OH excluding ortho intramolecular Hbond substituents is 4. The molecule has 5 N–H and O–H groups in total. The SMILES string of the molecule is COOC1C(c2c(O)cc(N(c3ccccc3)c3ccc4ccccc4c3)cc2O)=C(O)C1c1c(O)cc(N(c2ccccc2)c2ccc3ccccc3c2)cc1O. The maximum absolute atomic E-state index is 11.7. The van der Waals surface area contributed by atoms with E-state index in [9.17, 15) is 25.5 Å². The van der Waals surface area contributed by atoms with Gasteiger partial charge in [-0.25, -0.2) is 9.78 Å². The molecule has 286 valence electrons. The number of hydrogen-bond donors (Lipinski definition) is 5. The third kappa shape index (κ3) is 6.34. The van der Waals surface area contributed by atoms with Crippen molar-refractivity contribution in [3.05, 3.63) is 187 Å². The molecule has 0 amide bonds. The predicted molar refractivity (Wildman–Crippen MR) is 228 cm³/mol. The Kier molecular flexibility index (Phi) is 9.29. The van der Waals surface area contributed by atoms with Crippen LogP contribution in [0.5, 0.6) is 23.0 Å². The Hall–Kier alpha value is -7.46. The maximum atomic E-state index is 11.7. The smallest absolute Gasteiger partial charge is 0.136 e. The van der Waals surface area contributed by atoms with Crippen molar-refractivity contribution >= 4 is 61.2 Å². The molecule has 1 aliphatic carbocycles. The van der Waals surface area contributed by atoms with Crippen LogP contribution in [0.3, 0.4) is 0 Å². The molecule has 0 aliphatic heterocycles. The summed E-state index contributed by atoms with van der Waals surface area (Å²) in [5, 5.41) is 62.5. The molecule has 8 aromatic carbocycles. The maximum Gasteiger partial charge on any atom is 0.136 e. The van der Waals surface area contributed by atoms with Crippen molar-refractivity contribution in [2.45, 2.75) is 12.0 Å². The minimum absolute atomic E-state index is 0.0132. The molecule has 2 unspecified atom stereocenters. The Morgan fingerprint density at radius 1 is 0.414 bits per heavy atom. The first-order valence-electron chi connectivity index (χ1n) is 18.7. The van der Waals surface area contributed by atoms with Gasteiger partial charge in [-0.15, -0.1) is 0 Å². The van der Waals surface area contributed by atoms with Crippen molar-refractivity contribution in [3.63, 3.8) is 0 Å². The van der Waals surface area contributed by atoms with E-state index in [2.05, 4.69) is 0 Å². The minimum atomic E-state index is -1.15. The second kappa shape index (κ2) is 14.9. The van der Waals surface area contributed by atoms with Crippen LogP contribution in [-0.2, 0) is 9.78 Å². The summed E-state index contributed by atoms with van der Waals surface area (Å²) in [5.74, 6) is -2.74. The van der Waals surface area contributed by atoms with Crippen LogP contribution in [0.25, 0.3) is 27.1 Å². The highest BCUT2D eigenvalue weighted by Crippen LogP contribution is 2.57. The largest absolute Gasteiger partial charge is 0.511 e. The number of phenols is 4. The zero-order valence-electron chi connectivity index (χ0n) is 31.3. The summed E-state index contributed by atoms with van der Waals surface area (Å²) in [6.45, 7) is 0. The van der Waals surface area contributed by atoms with Gasteiger partial charge < -0.3 is 35.3 Å². The van der Waals surface area contributed by atoms with Crippen molar-refractivity contribution in [3.8, 4) is 23.0 Å². The van der Waals surface area contributed by atoms with Gasteiger partial charge in [0.1, 0.15) is 34.9 Å². The Morgan fingerprint density at radius 2 is 0.828 bits per heavy atom. The van der Waals surface area contributed by atoms with Crippen LogP contribution in [0.4, 0.5) is 34.1 Å². The van der Waals surface area contributed by atoms with E-state index in [4.69, 9.17) is 9.78 Å². The molecule has 9 rings (SSSR count). The average Bonchev–Trinajstić information content (AvgIpc) is 3.24. The van der Waals surface area contributed by atoms with E-state index in [1.54, 1.807) is 0 Å². The van der Waals surface area contributed by atoms with Crippen LogP contribution < -0.4 is 9.80 Å². The molecular weight excluding hydrogens is 729 g/mol. The molecule has 0 aromatic heterocycles. The van der Waals surface area contributed by atoms with Crippen LogP contribution in [-0.4, -0.2) is 38.7 Å². The third-order valence-electron chi connectivity index (χ3n) is 10.7. The second-order valence-electron chi connectivity index (χ2n) is 14.1. The Morgan fingerprint density at radius 3 is 1.28 bits per heavy atom. The standard InChI is InChI=1S/C49H38N2O7/c1-57-58-49-46(44-40(52)26-38(27-41(44)53)50(34-16-4-2-5-17-34)36-22-20-30-12-8-10-14-32(30)24-36)48(56)47(49)45-42(54)28-39(29-43(45)55)51(35-18-6-3-7-19-35)37-23-21-31-13-9-11-15-33(31)25-37/h2-29,46,49,52-56H,1H3. The summed E-state index contributed by atoms with van der Waals surface area (Å²) in [5.41, 5.74) is 4.05. The van der Waals surface area contributed by atoms with Gasteiger partial charge in [0.15, 0.2) is 0 Å². The number of aliphatic hydroxyl groups is 1. The molecule has 0 heterocycles. The van der Waals surface area contributed by atoms with E-state index < -0.39 is 12.0 Å². The molecule has 0 bridgehead atoms. The van der Waals surface area contributed by atoms with Gasteiger partial charge in [0.2, 0.25) is 0 Å². The summed E-state index contributed by atoms with van der Waals surface area (Å²) in [7, 11) is 1.29. The third-order valence-corrected chi connectivity index (χ3v) is 10.7. The van der Waals surface area contributed by atoms with Gasteiger partial charge in [-0.3, -0.25) is 0 Å². The summed E-state index contributed by atoms with van der Waals surface area (Å²) in [6, 6.07) is 53.2. The number of aromatic hydroxyl groups is 4. The molecule has 9 nitrogen and oxygen atoms in total. The molecule has 1 aliphatic rings. The van der Waals surface area contributed by atoms with Crippen molar-refractivity contribution in [2.75, 3.05) is 16.9 Å². The first kappa shape index (κ1) is 36.2. The lowest BCUT2D eigenvalue weighted by Crippen LogP contribution is -2.36. The van der Waals surface area contributed by atoms with Crippen LogP contribution >= 0.6 is 0 Å². The minimum Gasteiger partial charge on any atom is -0.511 e. The Bertz CT molecular complexity index is 2800. The van der Waals surface area contributed by atoms with Crippen LogP contribution in [0.15, 0.2) is 176 Å². The van der Waals surface area contributed by atoms with Gasteiger partial charge in [-0.05, 0) is 70.1 Å². The lowest BCUT2D eigenvalue weighted by molar-refractivity contribution is -0.298. The number of anilines is 6. The van der Waals surface area contributed by atoms with Gasteiger partial charge in [-0.1, -0.05) is 97.1 Å². The number of nitrogens with zero attached hydrogens (tertiary/aromatic N) is 2. The van der Waals surface area contributed by atoms with Gasteiger partial charge in [0.25, 0.3) is 0 Å². The molecule has 9 heteroatoms.